The quantitative estimate of drug-likeness (QED) is 0.928. The predicted octanol–water partition coefficient (Wildman–Crippen LogP) is 2.23. The molecule has 0 aromatic heterocycles. The minimum Gasteiger partial charge on any atom is -0.480 e. The van der Waals surface area contributed by atoms with Crippen molar-refractivity contribution in [2.45, 2.75) is 18.6 Å². The molecule has 1 aromatic rings. The Hall–Kier alpha value is -1.70. The van der Waals surface area contributed by atoms with Gasteiger partial charge in [-0.05, 0) is 11.6 Å². The molecule has 1 amide bonds. The summed E-state index contributed by atoms with van der Waals surface area (Å²) in [6.07, 6.45) is -4.71. The van der Waals surface area contributed by atoms with Gasteiger partial charge < -0.3 is 10.0 Å². The number of carbonyl (C=O) groups excluding carboxylic acids is 1. The molecule has 1 atom stereocenters. The van der Waals surface area contributed by atoms with Crippen molar-refractivity contribution in [1.82, 2.24) is 4.90 Å². The van der Waals surface area contributed by atoms with E-state index in [2.05, 4.69) is 0 Å². The first-order chi connectivity index (χ1) is 9.79. The highest BCUT2D eigenvalue weighted by Crippen LogP contribution is 2.30. The van der Waals surface area contributed by atoms with Gasteiger partial charge in [0.25, 0.3) is 0 Å². The van der Waals surface area contributed by atoms with E-state index in [1.807, 2.05) is 0 Å². The van der Waals surface area contributed by atoms with Gasteiger partial charge in [0, 0.05) is 5.75 Å². The number of aliphatic carboxylic acids is 1. The first-order valence-electron chi connectivity index (χ1n) is 6.05. The van der Waals surface area contributed by atoms with E-state index in [-0.39, 0.29) is 17.9 Å². The van der Waals surface area contributed by atoms with Crippen molar-refractivity contribution in [2.75, 3.05) is 11.6 Å². The smallest absolute Gasteiger partial charge is 0.416 e. The van der Waals surface area contributed by atoms with Crippen molar-refractivity contribution in [3.63, 3.8) is 0 Å². The van der Waals surface area contributed by atoms with E-state index in [0.29, 0.717) is 5.75 Å². The summed E-state index contributed by atoms with van der Waals surface area (Å²) in [5.74, 6) is -1.04. The van der Waals surface area contributed by atoms with E-state index < -0.39 is 29.7 Å². The average molecular weight is 319 g/mol. The molecular weight excluding hydrogens is 307 g/mol. The Balaban J connectivity index is 2.11. The molecule has 1 saturated heterocycles. The van der Waals surface area contributed by atoms with Crippen LogP contribution in [0.4, 0.5) is 13.2 Å². The fourth-order valence-corrected chi connectivity index (χ4v) is 3.20. The normalized spacial score (nSPS) is 18.8. The molecule has 0 spiro atoms. The lowest BCUT2D eigenvalue weighted by Crippen LogP contribution is -2.42. The maximum Gasteiger partial charge on any atom is 0.416 e. The number of carbonyl (C=O) groups is 2. The Morgan fingerprint density at radius 2 is 2.10 bits per heavy atom. The number of thioether (sulfide) groups is 1. The van der Waals surface area contributed by atoms with Crippen molar-refractivity contribution in [3.05, 3.63) is 35.4 Å². The topological polar surface area (TPSA) is 57.6 Å². The summed E-state index contributed by atoms with van der Waals surface area (Å²) in [5, 5.41) is 8.99. The van der Waals surface area contributed by atoms with Crippen LogP contribution in [0, 0.1) is 0 Å². The van der Waals surface area contributed by atoms with Crippen LogP contribution in [0.2, 0.25) is 0 Å². The molecule has 0 bridgehead atoms. The van der Waals surface area contributed by atoms with Gasteiger partial charge in [-0.2, -0.15) is 13.2 Å². The van der Waals surface area contributed by atoms with Crippen molar-refractivity contribution < 1.29 is 27.9 Å². The Labute approximate surface area is 122 Å². The highest BCUT2D eigenvalue weighted by molar-refractivity contribution is 7.99. The number of amides is 1. The van der Waals surface area contributed by atoms with E-state index >= 15 is 0 Å². The molecule has 0 saturated carbocycles. The Morgan fingerprint density at radius 1 is 1.38 bits per heavy atom. The van der Waals surface area contributed by atoms with E-state index in [4.69, 9.17) is 5.11 Å². The molecular formula is C13H12F3NO3S. The number of carboxylic acid groups (broad SMARTS) is 1. The van der Waals surface area contributed by atoms with Crippen LogP contribution in [0.5, 0.6) is 0 Å². The number of alkyl halides is 3. The number of carboxylic acids is 1. The van der Waals surface area contributed by atoms with Crippen molar-refractivity contribution in [3.8, 4) is 0 Å². The first kappa shape index (κ1) is 15.7. The summed E-state index contributed by atoms with van der Waals surface area (Å²) in [6.45, 7) is 0. The molecule has 1 aliphatic heterocycles. The van der Waals surface area contributed by atoms with Gasteiger partial charge in [-0.25, -0.2) is 4.79 Å². The second kappa shape index (κ2) is 5.97. The third kappa shape index (κ3) is 3.69. The maximum atomic E-state index is 12.6. The molecule has 0 unspecified atom stereocenters. The van der Waals surface area contributed by atoms with Crippen LogP contribution in [-0.2, 0) is 22.2 Å². The minimum absolute atomic E-state index is 0.218. The first-order valence-corrected chi connectivity index (χ1v) is 7.20. The fourth-order valence-electron chi connectivity index (χ4n) is 2.03. The van der Waals surface area contributed by atoms with Crippen LogP contribution in [0.15, 0.2) is 24.3 Å². The van der Waals surface area contributed by atoms with Gasteiger partial charge in [0.1, 0.15) is 6.04 Å². The van der Waals surface area contributed by atoms with E-state index in [0.717, 1.165) is 12.1 Å². The van der Waals surface area contributed by atoms with Crippen LogP contribution in [-0.4, -0.2) is 39.6 Å². The molecule has 2 rings (SSSR count). The lowest BCUT2D eigenvalue weighted by molar-refractivity contribution is -0.147. The molecule has 21 heavy (non-hydrogen) atoms. The summed E-state index contributed by atoms with van der Waals surface area (Å²) in [6, 6.07) is 3.59. The molecule has 1 aliphatic rings. The van der Waals surface area contributed by atoms with Gasteiger partial charge in [0.15, 0.2) is 0 Å². The van der Waals surface area contributed by atoms with E-state index in [1.54, 1.807) is 0 Å². The fraction of sp³-hybridized carbons (Fsp3) is 0.385. The lowest BCUT2D eigenvalue weighted by Gasteiger charge is -2.20. The van der Waals surface area contributed by atoms with Gasteiger partial charge in [-0.15, -0.1) is 11.8 Å². The SMILES string of the molecule is O=C(O)[C@@H]1CSCN1C(=O)Cc1cccc(C(F)(F)F)c1. The van der Waals surface area contributed by atoms with Crippen molar-refractivity contribution in [1.29, 1.82) is 0 Å². The molecule has 114 valence electrons. The number of halogens is 3. The van der Waals surface area contributed by atoms with Crippen LogP contribution >= 0.6 is 11.8 Å². The van der Waals surface area contributed by atoms with E-state index in [1.165, 1.54) is 28.8 Å². The maximum absolute atomic E-state index is 12.6. The van der Waals surface area contributed by atoms with Crippen LogP contribution in [0.1, 0.15) is 11.1 Å². The zero-order chi connectivity index (χ0) is 15.6. The molecule has 1 fully saturated rings. The highest BCUT2D eigenvalue weighted by atomic mass is 32.2. The third-order valence-corrected chi connectivity index (χ3v) is 4.11. The average Bonchev–Trinajstić information content (AvgIpc) is 2.87. The summed E-state index contributed by atoms with van der Waals surface area (Å²) in [5.41, 5.74) is -0.603. The third-order valence-electron chi connectivity index (χ3n) is 3.10. The van der Waals surface area contributed by atoms with E-state index in [9.17, 15) is 22.8 Å². The largest absolute Gasteiger partial charge is 0.480 e. The number of nitrogens with zero attached hydrogens (tertiary/aromatic N) is 1. The Morgan fingerprint density at radius 3 is 2.71 bits per heavy atom. The second-order valence-electron chi connectivity index (χ2n) is 4.59. The molecule has 8 heteroatoms. The second-order valence-corrected chi connectivity index (χ2v) is 5.59. The zero-order valence-corrected chi connectivity index (χ0v) is 11.6. The number of rotatable bonds is 3. The summed E-state index contributed by atoms with van der Waals surface area (Å²) < 4.78 is 37.8. The molecule has 1 N–H and O–H groups in total. The molecule has 1 aromatic carbocycles. The van der Waals surface area contributed by atoms with Gasteiger partial charge in [-0.3, -0.25) is 4.79 Å². The molecule has 1 heterocycles. The number of hydrogen-bond acceptors (Lipinski definition) is 3. The van der Waals surface area contributed by atoms with Crippen molar-refractivity contribution in [2.24, 2.45) is 0 Å². The Kier molecular flexibility index (Phi) is 4.46. The number of benzene rings is 1. The van der Waals surface area contributed by atoms with Gasteiger partial charge in [0.05, 0.1) is 17.9 Å². The monoisotopic (exact) mass is 319 g/mol. The Bertz CT molecular complexity index is 562. The highest BCUT2D eigenvalue weighted by Gasteiger charge is 2.35. The summed E-state index contributed by atoms with van der Waals surface area (Å²) in [4.78, 5) is 24.2. The van der Waals surface area contributed by atoms with Gasteiger partial charge >= 0.3 is 12.1 Å². The molecule has 4 nitrogen and oxygen atoms in total. The van der Waals surface area contributed by atoms with Crippen LogP contribution in [0.3, 0.4) is 0 Å². The molecule has 0 aliphatic carbocycles. The zero-order valence-electron chi connectivity index (χ0n) is 10.8. The van der Waals surface area contributed by atoms with Crippen LogP contribution < -0.4 is 0 Å². The predicted molar refractivity (Wildman–Crippen MR) is 70.7 cm³/mol. The van der Waals surface area contributed by atoms with Crippen LogP contribution in [0.25, 0.3) is 0 Å². The summed E-state index contributed by atoms with van der Waals surface area (Å²) >= 11 is 1.31. The standard InChI is InChI=1S/C13H12F3NO3S/c14-13(15,16)9-3-1-2-8(4-9)5-11(18)17-7-21-6-10(17)12(19)20/h1-4,10H,5-7H2,(H,19,20)/t10-/m0/s1. The molecule has 0 radical (unpaired) electrons. The van der Waals surface area contributed by atoms with Gasteiger partial charge in [0.2, 0.25) is 5.91 Å². The van der Waals surface area contributed by atoms with Crippen molar-refractivity contribution >= 4 is 23.6 Å². The summed E-state index contributed by atoms with van der Waals surface area (Å²) in [7, 11) is 0. The minimum atomic E-state index is -4.47. The van der Waals surface area contributed by atoms with Gasteiger partial charge in [-0.1, -0.05) is 18.2 Å². The number of hydrogen-bond donors (Lipinski definition) is 1. The lowest BCUT2D eigenvalue weighted by atomic mass is 10.1.